The van der Waals surface area contributed by atoms with Gasteiger partial charge >= 0.3 is 0 Å². The number of aromatic nitrogens is 3. The topological polar surface area (TPSA) is 102 Å². The van der Waals surface area contributed by atoms with Crippen LogP contribution < -0.4 is 14.2 Å². The summed E-state index contributed by atoms with van der Waals surface area (Å²) in [6, 6.07) is 15.4. The van der Waals surface area contributed by atoms with Crippen LogP contribution in [0.3, 0.4) is 0 Å². The van der Waals surface area contributed by atoms with E-state index in [1.807, 2.05) is 41.4 Å². The van der Waals surface area contributed by atoms with Crippen LogP contribution in [-0.4, -0.2) is 95.7 Å². The Hall–Kier alpha value is -3.80. The van der Waals surface area contributed by atoms with Crippen LogP contribution in [0.5, 0.6) is 17.2 Å². The number of carbonyl (C=O) groups excluding carboxylic acids is 1. The molecule has 0 aliphatic heterocycles. The number of amides is 1. The molecule has 2 heterocycles. The second-order valence-electron chi connectivity index (χ2n) is 13.3. The van der Waals surface area contributed by atoms with Crippen molar-refractivity contribution in [3.8, 4) is 17.2 Å². The number of hydrogen-bond donors (Lipinski definition) is 1. The third-order valence-corrected chi connectivity index (χ3v) is 9.31. The molecule has 0 bridgehead atoms. The van der Waals surface area contributed by atoms with Crippen LogP contribution in [0.2, 0.25) is 0 Å². The molecule has 10 nitrogen and oxygen atoms in total. The van der Waals surface area contributed by atoms with E-state index in [1.165, 1.54) is 11.8 Å². The van der Waals surface area contributed by atoms with Crippen LogP contribution in [0, 0.1) is 11.8 Å². The summed E-state index contributed by atoms with van der Waals surface area (Å²) in [5.74, 6) is 2.57. The van der Waals surface area contributed by atoms with Gasteiger partial charge in [-0.3, -0.25) is 9.78 Å². The minimum absolute atomic E-state index is 0.0282. The summed E-state index contributed by atoms with van der Waals surface area (Å²) in [5.41, 5.74) is 4.12. The molecule has 0 aliphatic rings. The van der Waals surface area contributed by atoms with E-state index in [0.29, 0.717) is 59.1 Å². The van der Waals surface area contributed by atoms with E-state index in [2.05, 4.69) is 55.3 Å². The van der Waals surface area contributed by atoms with Gasteiger partial charge in [-0.25, -0.2) is 4.98 Å². The van der Waals surface area contributed by atoms with Crippen LogP contribution in [0.4, 0.5) is 0 Å². The molecule has 1 amide bonds. The molecule has 2 aromatic heterocycles. The molecule has 266 valence electrons. The summed E-state index contributed by atoms with van der Waals surface area (Å²) < 4.78 is 18.7. The van der Waals surface area contributed by atoms with Gasteiger partial charge in [0.05, 0.1) is 38.5 Å². The van der Waals surface area contributed by atoms with E-state index >= 15 is 0 Å². The molecule has 1 unspecified atom stereocenters. The van der Waals surface area contributed by atoms with Gasteiger partial charge < -0.3 is 33.7 Å². The number of hydrogen-bond acceptors (Lipinski definition) is 9. The van der Waals surface area contributed by atoms with Crippen LogP contribution in [0.15, 0.2) is 59.9 Å². The fourth-order valence-corrected chi connectivity index (χ4v) is 6.88. The Balaban J connectivity index is 1.57. The van der Waals surface area contributed by atoms with Crippen molar-refractivity contribution in [3.05, 3.63) is 71.5 Å². The van der Waals surface area contributed by atoms with Crippen molar-refractivity contribution in [3.63, 3.8) is 0 Å². The number of nitrogens with zero attached hydrogens (tertiary/aromatic N) is 5. The van der Waals surface area contributed by atoms with Gasteiger partial charge in [-0.15, -0.1) is 0 Å². The zero-order valence-corrected chi connectivity index (χ0v) is 31.1. The normalized spacial score (nSPS) is 12.2. The molecular formula is C38H53N5O5S. The average molecular weight is 692 g/mol. The number of pyridine rings is 1. The number of methoxy groups -OCH3 is 3. The molecule has 0 radical (unpaired) electrons. The van der Waals surface area contributed by atoms with Gasteiger partial charge in [-0.05, 0) is 79.9 Å². The third kappa shape index (κ3) is 10.4. The summed E-state index contributed by atoms with van der Waals surface area (Å²) in [6.07, 6.45) is 2.82. The van der Waals surface area contributed by atoms with E-state index < -0.39 is 6.10 Å². The van der Waals surface area contributed by atoms with Crippen molar-refractivity contribution in [2.45, 2.75) is 58.3 Å². The Morgan fingerprint density at radius 3 is 2.22 bits per heavy atom. The number of carbonyl (C=O) groups is 1. The highest BCUT2D eigenvalue weighted by atomic mass is 32.2. The van der Waals surface area contributed by atoms with Crippen LogP contribution in [-0.2, 0) is 13.0 Å². The van der Waals surface area contributed by atoms with Gasteiger partial charge in [0.1, 0.15) is 0 Å². The Morgan fingerprint density at radius 1 is 0.939 bits per heavy atom. The molecule has 0 spiro atoms. The highest BCUT2D eigenvalue weighted by Crippen LogP contribution is 2.40. The smallest absolute Gasteiger partial charge is 0.253 e. The van der Waals surface area contributed by atoms with Gasteiger partial charge in [-0.1, -0.05) is 45.5 Å². The lowest BCUT2D eigenvalue weighted by atomic mass is 10.1. The molecule has 11 heteroatoms. The maximum atomic E-state index is 13.7. The molecule has 49 heavy (non-hydrogen) atoms. The summed E-state index contributed by atoms with van der Waals surface area (Å²) in [6.45, 7) is 12.5. The summed E-state index contributed by atoms with van der Waals surface area (Å²) in [4.78, 5) is 27.5. The van der Waals surface area contributed by atoms with Gasteiger partial charge in [0, 0.05) is 55.8 Å². The number of aliphatic hydroxyl groups is 1. The first-order valence-corrected chi connectivity index (χ1v) is 18.0. The minimum Gasteiger partial charge on any atom is -0.493 e. The molecule has 0 aliphatic carbocycles. The van der Waals surface area contributed by atoms with Gasteiger partial charge in [0.25, 0.3) is 5.91 Å². The fraction of sp³-hybridized carbons (Fsp3) is 0.500. The van der Waals surface area contributed by atoms with Gasteiger partial charge in [0.2, 0.25) is 5.75 Å². The summed E-state index contributed by atoms with van der Waals surface area (Å²) in [7, 11) is 6.81. The lowest BCUT2D eigenvalue weighted by Crippen LogP contribution is -2.37. The number of likely N-dealkylation sites (N-methyl/N-ethyl adjacent to an activating group) is 1. The number of rotatable bonds is 19. The highest BCUT2D eigenvalue weighted by Gasteiger charge is 2.22. The van der Waals surface area contributed by atoms with Crippen molar-refractivity contribution in [2.75, 3.05) is 60.3 Å². The second kappa shape index (κ2) is 18.3. The number of fused-ring (bicyclic) bond motifs is 1. The first-order valence-electron chi connectivity index (χ1n) is 17.0. The molecular weight excluding hydrogens is 639 g/mol. The quantitative estimate of drug-likeness (QED) is 0.109. The number of imidazole rings is 1. The zero-order chi connectivity index (χ0) is 35.5. The number of ether oxygens (including phenoxy) is 3. The van der Waals surface area contributed by atoms with Crippen molar-refractivity contribution >= 4 is 28.7 Å². The molecule has 1 N–H and O–H groups in total. The van der Waals surface area contributed by atoms with Crippen molar-refractivity contribution in [1.82, 2.24) is 24.3 Å². The van der Waals surface area contributed by atoms with Gasteiger partial charge in [-0.2, -0.15) is 0 Å². The van der Waals surface area contributed by atoms with Gasteiger partial charge in [0.15, 0.2) is 16.7 Å². The second-order valence-corrected chi connectivity index (χ2v) is 14.2. The van der Waals surface area contributed by atoms with E-state index in [0.717, 1.165) is 54.4 Å². The molecule has 4 aromatic rings. The number of aryl methyl sites for hydroxylation is 1. The first-order chi connectivity index (χ1) is 23.5. The fourth-order valence-electron chi connectivity index (χ4n) is 5.88. The SMILES string of the molecule is COc1cc(C(O)CSc2nc3cc(C(=O)N(CC(C)C)CC(C)C)ccc3n2CCCN(C)CCc2ccccn2)cc(OC)c1OC. The Kier molecular flexibility index (Phi) is 14.2. The largest absolute Gasteiger partial charge is 0.493 e. The number of aliphatic hydroxyl groups excluding tert-OH is 1. The molecule has 4 rings (SSSR count). The van der Waals surface area contributed by atoms with Crippen molar-refractivity contribution < 1.29 is 24.1 Å². The average Bonchev–Trinajstić information content (AvgIpc) is 3.44. The Labute approximate surface area is 295 Å². The number of benzene rings is 2. The summed E-state index contributed by atoms with van der Waals surface area (Å²) >= 11 is 1.49. The highest BCUT2D eigenvalue weighted by molar-refractivity contribution is 7.99. The van der Waals surface area contributed by atoms with Crippen LogP contribution in [0.25, 0.3) is 11.0 Å². The standard InChI is InChI=1S/C38H53N5O5S/c1-26(2)23-42(24-27(3)4)37(45)28-13-14-32-31(20-28)40-38(43(32)18-11-17-41(5)19-15-30-12-9-10-16-39-30)49-25-33(44)29-21-34(46-6)36(48-8)35(22-29)47-7/h9-10,12-14,16,20-22,26-27,33,44H,11,15,17-19,23-25H2,1-8H3. The molecule has 0 saturated carbocycles. The van der Waals surface area contributed by atoms with Crippen LogP contribution in [0.1, 0.15) is 61.8 Å². The molecule has 0 saturated heterocycles. The molecule has 2 aromatic carbocycles. The third-order valence-electron chi connectivity index (χ3n) is 8.26. The van der Waals surface area contributed by atoms with E-state index in [-0.39, 0.29) is 5.91 Å². The predicted octanol–water partition coefficient (Wildman–Crippen LogP) is 6.60. The summed E-state index contributed by atoms with van der Waals surface area (Å²) in [5, 5.41) is 12.1. The van der Waals surface area contributed by atoms with E-state index in [9.17, 15) is 9.90 Å². The molecule has 1 atom stereocenters. The monoisotopic (exact) mass is 691 g/mol. The number of thioether (sulfide) groups is 1. The first kappa shape index (κ1) is 38.0. The van der Waals surface area contributed by atoms with Crippen molar-refractivity contribution in [1.29, 1.82) is 0 Å². The molecule has 0 fully saturated rings. The lowest BCUT2D eigenvalue weighted by Gasteiger charge is -2.26. The predicted molar refractivity (Wildman–Crippen MR) is 197 cm³/mol. The van der Waals surface area contributed by atoms with Crippen LogP contribution >= 0.6 is 11.8 Å². The van der Waals surface area contributed by atoms with Crippen molar-refractivity contribution in [2.24, 2.45) is 11.8 Å². The Morgan fingerprint density at radius 2 is 1.63 bits per heavy atom. The Bertz CT molecular complexity index is 1610. The lowest BCUT2D eigenvalue weighted by molar-refractivity contribution is 0.0715. The maximum Gasteiger partial charge on any atom is 0.253 e. The van der Waals surface area contributed by atoms with E-state index in [1.54, 1.807) is 33.5 Å². The maximum absolute atomic E-state index is 13.7. The zero-order valence-electron chi connectivity index (χ0n) is 30.3. The minimum atomic E-state index is -0.817. The van der Waals surface area contributed by atoms with E-state index in [4.69, 9.17) is 19.2 Å².